The lowest BCUT2D eigenvalue weighted by Crippen LogP contribution is -2.27. The van der Waals surface area contributed by atoms with Crippen LogP contribution in [0.4, 0.5) is 4.39 Å². The average Bonchev–Trinajstić information content (AvgIpc) is 3.22. The van der Waals surface area contributed by atoms with Gasteiger partial charge >= 0.3 is 0 Å². The van der Waals surface area contributed by atoms with Crippen LogP contribution in [0.5, 0.6) is 5.75 Å². The predicted molar refractivity (Wildman–Crippen MR) is 115 cm³/mol. The topological polar surface area (TPSA) is 68.2 Å². The first-order chi connectivity index (χ1) is 14.5. The van der Waals surface area contributed by atoms with Crippen molar-refractivity contribution in [3.8, 4) is 5.75 Å². The Hall–Kier alpha value is -3.13. The average molecular weight is 406 g/mol. The van der Waals surface area contributed by atoms with E-state index in [9.17, 15) is 9.18 Å². The van der Waals surface area contributed by atoms with Gasteiger partial charge in [-0.05, 0) is 35.7 Å². The largest absolute Gasteiger partial charge is 0.494 e. The molecule has 1 aliphatic rings. The molecule has 6 nitrogen and oxygen atoms in total. The Morgan fingerprint density at radius 2 is 2.20 bits per heavy atom. The lowest BCUT2D eigenvalue weighted by Gasteiger charge is -2.17. The minimum absolute atomic E-state index is 0.0801. The molecule has 2 aromatic carbocycles. The van der Waals surface area contributed by atoms with Crippen LogP contribution in [0.15, 0.2) is 42.7 Å². The van der Waals surface area contributed by atoms with E-state index in [1.165, 1.54) is 24.4 Å². The Bertz CT molecular complexity index is 1080. The summed E-state index contributed by atoms with van der Waals surface area (Å²) >= 11 is 0. The molecule has 1 aliphatic heterocycles. The van der Waals surface area contributed by atoms with Crippen LogP contribution in [-0.4, -0.2) is 37.2 Å². The van der Waals surface area contributed by atoms with Crippen molar-refractivity contribution in [2.75, 3.05) is 13.7 Å². The monoisotopic (exact) mass is 406 g/mol. The van der Waals surface area contributed by atoms with E-state index in [-0.39, 0.29) is 18.2 Å². The van der Waals surface area contributed by atoms with Crippen molar-refractivity contribution in [3.63, 3.8) is 0 Å². The maximum atomic E-state index is 14.5. The number of amides is 1. The smallest absolute Gasteiger partial charge is 0.254 e. The summed E-state index contributed by atoms with van der Waals surface area (Å²) in [6.45, 7) is 2.57. The maximum absolute atomic E-state index is 14.5. The molecule has 4 rings (SSSR count). The van der Waals surface area contributed by atoms with Gasteiger partial charge in [0.15, 0.2) is 11.6 Å². The number of benzene rings is 2. The molecule has 0 unspecified atom stereocenters. The maximum Gasteiger partial charge on any atom is 0.254 e. The summed E-state index contributed by atoms with van der Waals surface area (Å²) in [5, 5.41) is 10.5. The third-order valence-electron chi connectivity index (χ3n) is 5.48. The molecule has 154 valence electrons. The number of fused-ring (bicyclic) bond motifs is 1. The predicted octanol–water partition coefficient (Wildman–Crippen LogP) is 0.913. The molecular weight excluding hydrogens is 382 g/mol. The number of carbonyl (C=O) groups is 1. The Balaban J connectivity index is 1.41. The molecule has 30 heavy (non-hydrogen) atoms. The molecule has 2 N–H and O–H groups in total. The van der Waals surface area contributed by atoms with Crippen LogP contribution in [0.3, 0.4) is 0 Å². The number of nitrogens with zero attached hydrogens (tertiary/aromatic N) is 2. The van der Waals surface area contributed by atoms with E-state index in [2.05, 4.69) is 33.9 Å². The molecule has 2 heterocycles. The number of carbonyl (C=O) groups excluding carboxylic acids is 1. The van der Waals surface area contributed by atoms with Crippen LogP contribution < -0.4 is 20.8 Å². The van der Waals surface area contributed by atoms with Gasteiger partial charge in [-0.3, -0.25) is 9.48 Å². The highest BCUT2D eigenvalue weighted by atomic mass is 19.1. The van der Waals surface area contributed by atoms with Gasteiger partial charge in [0, 0.05) is 24.8 Å². The molecule has 0 spiro atoms. The molecule has 3 aromatic rings. The highest BCUT2D eigenvalue weighted by Crippen LogP contribution is 2.19. The zero-order valence-electron chi connectivity index (χ0n) is 17.2. The van der Waals surface area contributed by atoms with Crippen molar-refractivity contribution in [1.82, 2.24) is 20.4 Å². The number of ether oxygens (including phenoxy) is 1. The van der Waals surface area contributed by atoms with E-state index in [0.29, 0.717) is 17.7 Å². The molecule has 0 fully saturated rings. The summed E-state index contributed by atoms with van der Waals surface area (Å²) in [6.07, 6.45) is 4.29. The van der Waals surface area contributed by atoms with E-state index in [4.69, 9.17) is 4.74 Å². The Morgan fingerprint density at radius 1 is 1.33 bits per heavy atom. The fraction of sp³-hybridized carbons (Fsp3) is 0.273. The van der Waals surface area contributed by atoms with E-state index in [0.717, 1.165) is 30.5 Å². The second kappa shape index (κ2) is 8.71. The molecule has 0 saturated heterocycles. The second-order valence-corrected chi connectivity index (χ2v) is 7.52. The lowest BCUT2D eigenvalue weighted by molar-refractivity contribution is 0.0950. The third kappa shape index (κ3) is 4.23. The van der Waals surface area contributed by atoms with Crippen molar-refractivity contribution in [1.29, 1.82) is 0 Å². The van der Waals surface area contributed by atoms with Crippen molar-refractivity contribution < 1.29 is 13.9 Å². The highest BCUT2D eigenvalue weighted by Gasteiger charge is 2.15. The first-order valence-electron chi connectivity index (χ1n) is 9.99. The Kier molecular flexibility index (Phi) is 5.85. The van der Waals surface area contributed by atoms with Gasteiger partial charge in [0.1, 0.15) is 7.85 Å². The molecular formula is C22H24BFN4O2. The summed E-state index contributed by atoms with van der Waals surface area (Å²) in [5.41, 5.74) is 5.46. The van der Waals surface area contributed by atoms with Gasteiger partial charge in [-0.15, -0.1) is 0 Å². The molecule has 1 aromatic heterocycles. The van der Waals surface area contributed by atoms with Gasteiger partial charge in [0.05, 0.1) is 25.4 Å². The molecule has 0 radical (unpaired) electrons. The van der Waals surface area contributed by atoms with E-state index in [1.807, 2.05) is 0 Å². The van der Waals surface area contributed by atoms with Crippen molar-refractivity contribution in [3.05, 3.63) is 76.4 Å². The minimum Gasteiger partial charge on any atom is -0.494 e. The summed E-state index contributed by atoms with van der Waals surface area (Å²) in [7, 11) is 3.22. The molecule has 1 amide bonds. The third-order valence-corrected chi connectivity index (χ3v) is 5.48. The zero-order valence-corrected chi connectivity index (χ0v) is 17.2. The SMILES string of the molecule is Bc1ccc(OC)c(F)c1CNC(=O)c1cnn(Cc2ccc3c(c2)CNCC3)c1. The minimum atomic E-state index is -0.449. The van der Waals surface area contributed by atoms with Gasteiger partial charge in [-0.1, -0.05) is 29.7 Å². The Morgan fingerprint density at radius 3 is 3.03 bits per heavy atom. The van der Waals surface area contributed by atoms with Crippen LogP contribution in [0.2, 0.25) is 0 Å². The zero-order chi connectivity index (χ0) is 21.1. The molecule has 0 aliphatic carbocycles. The van der Waals surface area contributed by atoms with E-state index < -0.39 is 5.82 Å². The van der Waals surface area contributed by atoms with Crippen LogP contribution in [0.25, 0.3) is 0 Å². The first-order valence-corrected chi connectivity index (χ1v) is 9.99. The molecule has 0 saturated carbocycles. The van der Waals surface area contributed by atoms with Gasteiger partial charge in [0.2, 0.25) is 0 Å². The normalized spacial score (nSPS) is 13.0. The summed E-state index contributed by atoms with van der Waals surface area (Å²) in [4.78, 5) is 12.5. The second-order valence-electron chi connectivity index (χ2n) is 7.52. The van der Waals surface area contributed by atoms with Crippen LogP contribution in [0.1, 0.15) is 32.6 Å². The lowest BCUT2D eigenvalue weighted by atomic mass is 9.90. The van der Waals surface area contributed by atoms with Crippen molar-refractivity contribution in [2.24, 2.45) is 0 Å². The Labute approximate surface area is 175 Å². The summed E-state index contributed by atoms with van der Waals surface area (Å²) in [6, 6.07) is 9.83. The summed E-state index contributed by atoms with van der Waals surface area (Å²) < 4.78 is 21.2. The molecule has 8 heteroatoms. The van der Waals surface area contributed by atoms with Gasteiger partial charge in [-0.25, -0.2) is 4.39 Å². The van der Waals surface area contributed by atoms with Crippen LogP contribution >= 0.6 is 0 Å². The fourth-order valence-corrected chi connectivity index (χ4v) is 3.73. The summed E-state index contributed by atoms with van der Waals surface area (Å²) in [5.74, 6) is -0.578. The molecule has 0 bridgehead atoms. The highest BCUT2D eigenvalue weighted by molar-refractivity contribution is 6.33. The van der Waals surface area contributed by atoms with Gasteiger partial charge in [-0.2, -0.15) is 5.10 Å². The number of hydrogen-bond acceptors (Lipinski definition) is 4. The number of aromatic nitrogens is 2. The van der Waals surface area contributed by atoms with Gasteiger partial charge < -0.3 is 15.4 Å². The van der Waals surface area contributed by atoms with Crippen molar-refractivity contribution >= 4 is 19.2 Å². The van der Waals surface area contributed by atoms with Crippen molar-refractivity contribution in [2.45, 2.75) is 26.1 Å². The first kappa shape index (κ1) is 20.2. The van der Waals surface area contributed by atoms with Crippen LogP contribution in [-0.2, 0) is 26.1 Å². The quantitative estimate of drug-likeness (QED) is 0.598. The number of methoxy groups -OCH3 is 1. The number of halogens is 1. The fourth-order valence-electron chi connectivity index (χ4n) is 3.73. The van der Waals surface area contributed by atoms with Gasteiger partial charge in [0.25, 0.3) is 5.91 Å². The van der Waals surface area contributed by atoms with E-state index >= 15 is 0 Å². The number of hydrogen-bond donors (Lipinski definition) is 2. The number of nitrogens with one attached hydrogen (secondary N) is 2. The number of rotatable bonds is 6. The van der Waals surface area contributed by atoms with Crippen LogP contribution in [0, 0.1) is 5.82 Å². The standard InChI is InChI=1S/C22H24BFN4O2/c1-30-20-5-4-19(23)18(21(20)24)11-26-22(29)17-10-27-28(13-17)12-14-2-3-15-6-7-25-9-16(15)8-14/h2-5,8,10,13,25H,6-7,9,11-12,23H2,1H3,(H,26,29). The van der Waals surface area contributed by atoms with E-state index in [1.54, 1.807) is 30.9 Å². The molecule has 0 atom stereocenters.